The summed E-state index contributed by atoms with van der Waals surface area (Å²) in [7, 11) is 1.66. The first-order valence-electron chi connectivity index (χ1n) is 13.7. The fourth-order valence-corrected chi connectivity index (χ4v) is 5.28. The van der Waals surface area contributed by atoms with Gasteiger partial charge in [0.15, 0.2) is 0 Å². The third kappa shape index (κ3) is 7.46. The molecular weight excluding hydrogens is 578 g/mol. The second-order valence-corrected chi connectivity index (χ2v) is 9.89. The number of ether oxygens (including phenoxy) is 1. The van der Waals surface area contributed by atoms with Crippen LogP contribution < -0.4 is 9.64 Å². The molecule has 0 saturated heterocycles. The van der Waals surface area contributed by atoms with Gasteiger partial charge in [-0.2, -0.15) is 0 Å². The molecule has 0 saturated carbocycles. The molecular formula is C33H39CoFN4O3. The molecule has 0 bridgehead atoms. The Balaban J connectivity index is 0.000000316. The summed E-state index contributed by atoms with van der Waals surface area (Å²) < 4.78 is 19.1. The third-order valence-corrected chi connectivity index (χ3v) is 7.41. The van der Waals surface area contributed by atoms with E-state index in [1.165, 1.54) is 12.3 Å². The van der Waals surface area contributed by atoms with E-state index in [2.05, 4.69) is 30.9 Å². The molecule has 42 heavy (non-hydrogen) atoms. The summed E-state index contributed by atoms with van der Waals surface area (Å²) in [6.45, 7) is 10.3. The molecule has 0 aromatic heterocycles. The number of fused-ring (bicyclic) bond motifs is 1. The average molecular weight is 618 g/mol. The van der Waals surface area contributed by atoms with E-state index in [0.29, 0.717) is 30.6 Å². The number of hydrogen-bond donors (Lipinski definition) is 3. The molecule has 9 heteroatoms. The van der Waals surface area contributed by atoms with Gasteiger partial charge in [0.2, 0.25) is 5.90 Å². The number of halogens is 1. The Morgan fingerprint density at radius 3 is 2.21 bits per heavy atom. The molecule has 0 fully saturated rings. The minimum atomic E-state index is -0.484. The van der Waals surface area contributed by atoms with Crippen LogP contribution in [0.2, 0.25) is 0 Å². The largest absolute Gasteiger partial charge is 0.497 e. The predicted molar refractivity (Wildman–Crippen MR) is 163 cm³/mol. The number of anilines is 1. The van der Waals surface area contributed by atoms with Crippen molar-refractivity contribution < 1.29 is 35.8 Å². The van der Waals surface area contributed by atoms with Crippen molar-refractivity contribution in [3.8, 4) is 5.75 Å². The third-order valence-electron chi connectivity index (χ3n) is 7.41. The summed E-state index contributed by atoms with van der Waals surface area (Å²) in [5.74, 6) is 0.0640. The van der Waals surface area contributed by atoms with E-state index >= 15 is 0 Å². The van der Waals surface area contributed by atoms with Gasteiger partial charge in [-0.1, -0.05) is 12.1 Å². The molecule has 4 rings (SSSR count). The summed E-state index contributed by atoms with van der Waals surface area (Å²) >= 11 is 0. The zero-order valence-electron chi connectivity index (χ0n) is 24.7. The Hall–Kier alpha value is -3.95. The maximum atomic E-state index is 13.7. The molecule has 1 aliphatic rings. The van der Waals surface area contributed by atoms with Crippen LogP contribution in [0, 0.1) is 16.6 Å². The Kier molecular flexibility index (Phi) is 12.5. The fraction of sp³-hybridized carbons (Fsp3) is 0.303. The number of methoxy groups -OCH3 is 1. The molecule has 0 aliphatic carbocycles. The first-order chi connectivity index (χ1) is 19.6. The first-order valence-corrected chi connectivity index (χ1v) is 13.7. The number of aliphatic hydroxyl groups is 1. The molecule has 3 N–H and O–H groups in total. The molecule has 225 valence electrons. The Bertz CT molecular complexity index is 1420. The van der Waals surface area contributed by atoms with Gasteiger partial charge in [-0.05, 0) is 106 Å². The molecule has 7 nitrogen and oxygen atoms in total. The van der Waals surface area contributed by atoms with Crippen LogP contribution >= 0.6 is 0 Å². The number of rotatable bonds is 9. The zero-order valence-corrected chi connectivity index (χ0v) is 25.7. The molecule has 3 aromatic carbocycles. The topological polar surface area (TPSA) is 101 Å². The van der Waals surface area contributed by atoms with Gasteiger partial charge in [0.05, 0.1) is 7.11 Å². The predicted octanol–water partition coefficient (Wildman–Crippen LogP) is 6.76. The molecule has 0 spiro atoms. The standard InChI is InChI=1S/C21H23FN2O.C12H16N2O2.Co/c1-4-24-19-9-8-17(25-3)13-18(19)21(2,20(24)10-11-23)14-15-6-5-7-16(22)12-15;1-3-14(4-2)12(16)10-7-5-9(6-8-10)11(13)15;/h5-13,23H,4,14H2,1-3H3;5-8H,3-4H2,1-2H3,(H2,13,15);/b20-10-,23-11?;;. The Labute approximate surface area is 258 Å². The van der Waals surface area contributed by atoms with Crippen molar-refractivity contribution in [3.05, 3.63) is 107 Å². The second-order valence-electron chi connectivity index (χ2n) is 9.89. The Morgan fingerprint density at radius 1 is 1.05 bits per heavy atom. The smallest absolute Gasteiger partial charge is 0.253 e. The van der Waals surface area contributed by atoms with E-state index in [9.17, 15) is 9.18 Å². The second kappa shape index (κ2) is 15.3. The van der Waals surface area contributed by atoms with E-state index in [1.54, 1.807) is 48.4 Å². The van der Waals surface area contributed by atoms with Gasteiger partial charge >= 0.3 is 0 Å². The van der Waals surface area contributed by atoms with E-state index in [0.717, 1.165) is 34.8 Å². The Morgan fingerprint density at radius 2 is 1.69 bits per heavy atom. The van der Waals surface area contributed by atoms with E-state index < -0.39 is 5.90 Å². The van der Waals surface area contributed by atoms with Gasteiger partial charge in [-0.3, -0.25) is 10.2 Å². The number of nitrogens with zero attached hydrogens (tertiary/aromatic N) is 2. The van der Waals surface area contributed by atoms with Crippen LogP contribution in [0.15, 0.2) is 78.5 Å². The van der Waals surface area contributed by atoms with Crippen LogP contribution in [-0.2, 0) is 28.6 Å². The minimum Gasteiger partial charge on any atom is -0.497 e. The summed E-state index contributed by atoms with van der Waals surface area (Å²) in [6, 6.07) is 19.2. The number of aliphatic hydroxyl groups excluding tert-OH is 1. The quantitative estimate of drug-likeness (QED) is 0.183. The van der Waals surface area contributed by atoms with Gasteiger partial charge < -0.3 is 25.1 Å². The average Bonchev–Trinajstić information content (AvgIpc) is 3.20. The number of carbonyl (C=O) groups excluding carboxylic acids is 1. The van der Waals surface area contributed by atoms with Crippen molar-refractivity contribution in [2.24, 2.45) is 0 Å². The number of benzene rings is 3. The summed E-state index contributed by atoms with van der Waals surface area (Å²) in [5.41, 5.74) is 4.89. The van der Waals surface area contributed by atoms with E-state index in [1.807, 2.05) is 32.1 Å². The van der Waals surface area contributed by atoms with Gasteiger partial charge in [0.1, 0.15) is 11.6 Å². The van der Waals surface area contributed by atoms with Gasteiger partial charge in [0, 0.05) is 70.6 Å². The van der Waals surface area contributed by atoms with E-state index in [4.69, 9.17) is 20.7 Å². The van der Waals surface area contributed by atoms with Crippen molar-refractivity contribution in [2.75, 3.05) is 31.6 Å². The first kappa shape index (κ1) is 34.2. The number of nitrogens with one attached hydrogen (secondary N) is 2. The van der Waals surface area contributed by atoms with Crippen LogP contribution in [0.5, 0.6) is 5.75 Å². The minimum absolute atomic E-state index is 0. The molecule has 1 amide bonds. The number of likely N-dealkylation sites (N-methyl/N-ethyl adjacent to an activating group) is 1. The molecule has 1 unspecified atom stereocenters. The molecule has 1 aliphatic heterocycles. The maximum Gasteiger partial charge on any atom is 0.253 e. The zero-order chi connectivity index (χ0) is 30.2. The summed E-state index contributed by atoms with van der Waals surface area (Å²) in [6.07, 6.45) is 3.82. The number of amides is 1. The number of hydrogen-bond acceptors (Lipinski definition) is 5. The molecule has 1 radical (unpaired) electrons. The van der Waals surface area contributed by atoms with Gasteiger partial charge in [-0.25, -0.2) is 4.39 Å². The van der Waals surface area contributed by atoms with Gasteiger partial charge in [0.25, 0.3) is 5.91 Å². The molecule has 1 heterocycles. The van der Waals surface area contributed by atoms with Crippen LogP contribution in [0.3, 0.4) is 0 Å². The SMILES string of the molecule is CCN(CC)C(=O)c1ccc(C(=N)O)cc1.CCN1/C(=C\C=N)C(C)(Cc2cccc(F)c2)c2cc(OC)ccc21.[Co]. The summed E-state index contributed by atoms with van der Waals surface area (Å²) in [4.78, 5) is 15.8. The van der Waals surface area contributed by atoms with Crippen molar-refractivity contribution in [3.63, 3.8) is 0 Å². The van der Waals surface area contributed by atoms with Crippen LogP contribution in [-0.4, -0.2) is 54.8 Å². The van der Waals surface area contributed by atoms with Gasteiger partial charge in [-0.15, -0.1) is 0 Å². The van der Waals surface area contributed by atoms with Crippen molar-refractivity contribution in [1.29, 1.82) is 10.8 Å². The summed E-state index contributed by atoms with van der Waals surface area (Å²) in [5, 5.41) is 23.6. The maximum absolute atomic E-state index is 13.7. The van der Waals surface area contributed by atoms with Crippen molar-refractivity contribution >= 4 is 23.7 Å². The van der Waals surface area contributed by atoms with Crippen LogP contribution in [0.1, 0.15) is 54.7 Å². The van der Waals surface area contributed by atoms with Crippen LogP contribution in [0.4, 0.5) is 10.1 Å². The number of allylic oxidation sites excluding steroid dienone is 2. The molecule has 3 aromatic rings. The number of carbonyl (C=O) groups is 1. The molecule has 1 atom stereocenters. The monoisotopic (exact) mass is 617 g/mol. The normalized spacial score (nSPS) is 16.0. The van der Waals surface area contributed by atoms with Crippen LogP contribution in [0.25, 0.3) is 0 Å². The van der Waals surface area contributed by atoms with Crippen molar-refractivity contribution in [2.45, 2.75) is 39.5 Å². The van der Waals surface area contributed by atoms with E-state index in [-0.39, 0.29) is 33.9 Å². The van der Waals surface area contributed by atoms with Crippen molar-refractivity contribution in [1.82, 2.24) is 4.90 Å². The fourth-order valence-electron chi connectivity index (χ4n) is 5.28.